The Morgan fingerprint density at radius 3 is 2.70 bits per heavy atom. The van der Waals surface area contributed by atoms with Gasteiger partial charge in [-0.25, -0.2) is 0 Å². The van der Waals surface area contributed by atoms with Gasteiger partial charge in [-0.2, -0.15) is 0 Å². The van der Waals surface area contributed by atoms with Crippen molar-refractivity contribution in [2.24, 2.45) is 0 Å². The number of pyridine rings is 1. The molecule has 1 N–H and O–H groups in total. The largest absolute Gasteiger partial charge is 0.314 e. The zero-order valence-electron chi connectivity index (χ0n) is 12.8. The summed E-state index contributed by atoms with van der Waals surface area (Å²) >= 11 is 0. The fourth-order valence-electron chi connectivity index (χ4n) is 4.05. The van der Waals surface area contributed by atoms with Crippen LogP contribution in [0.5, 0.6) is 0 Å². The predicted molar refractivity (Wildman–Crippen MR) is 82.6 cm³/mol. The quantitative estimate of drug-likeness (QED) is 0.914. The molecule has 0 saturated carbocycles. The SMILES string of the molecule is CCNC1CC2CCCC(C1)N2Cc1cnccc1C. The van der Waals surface area contributed by atoms with Crippen molar-refractivity contribution in [3.63, 3.8) is 0 Å². The van der Waals surface area contributed by atoms with Crippen LogP contribution in [0.3, 0.4) is 0 Å². The summed E-state index contributed by atoms with van der Waals surface area (Å²) in [6, 6.07) is 4.41. The third kappa shape index (κ3) is 2.89. The fourth-order valence-corrected chi connectivity index (χ4v) is 4.05. The highest BCUT2D eigenvalue weighted by Gasteiger charge is 2.37. The molecular weight excluding hydrogens is 246 g/mol. The van der Waals surface area contributed by atoms with Gasteiger partial charge < -0.3 is 5.32 Å². The van der Waals surface area contributed by atoms with Gasteiger partial charge in [0.1, 0.15) is 0 Å². The van der Waals surface area contributed by atoms with Crippen LogP contribution in [-0.2, 0) is 6.54 Å². The topological polar surface area (TPSA) is 28.2 Å². The van der Waals surface area contributed by atoms with Crippen molar-refractivity contribution in [3.8, 4) is 0 Å². The Morgan fingerprint density at radius 2 is 2.05 bits per heavy atom. The van der Waals surface area contributed by atoms with Gasteiger partial charge in [0.15, 0.2) is 0 Å². The van der Waals surface area contributed by atoms with Crippen LogP contribution in [0.2, 0.25) is 0 Å². The molecular formula is C17H27N3. The minimum Gasteiger partial charge on any atom is -0.314 e. The number of aromatic nitrogens is 1. The van der Waals surface area contributed by atoms with E-state index >= 15 is 0 Å². The maximum atomic E-state index is 4.31. The summed E-state index contributed by atoms with van der Waals surface area (Å²) in [5, 5.41) is 3.67. The number of hydrogen-bond acceptors (Lipinski definition) is 3. The van der Waals surface area contributed by atoms with Gasteiger partial charge in [0.05, 0.1) is 0 Å². The van der Waals surface area contributed by atoms with Crippen LogP contribution in [0.25, 0.3) is 0 Å². The third-order valence-electron chi connectivity index (χ3n) is 5.12. The van der Waals surface area contributed by atoms with Crippen LogP contribution >= 0.6 is 0 Å². The van der Waals surface area contributed by atoms with Gasteiger partial charge in [-0.1, -0.05) is 13.3 Å². The van der Waals surface area contributed by atoms with E-state index in [0.29, 0.717) is 0 Å². The van der Waals surface area contributed by atoms with Gasteiger partial charge >= 0.3 is 0 Å². The highest BCUT2D eigenvalue weighted by Crippen LogP contribution is 2.35. The average molecular weight is 273 g/mol. The molecule has 0 aliphatic carbocycles. The minimum atomic E-state index is 0.738. The molecule has 0 aromatic carbocycles. The van der Waals surface area contributed by atoms with Crippen molar-refractivity contribution in [3.05, 3.63) is 29.6 Å². The molecule has 110 valence electrons. The van der Waals surface area contributed by atoms with Crippen LogP contribution in [0.15, 0.2) is 18.5 Å². The Balaban J connectivity index is 1.72. The number of nitrogens with one attached hydrogen (secondary N) is 1. The molecule has 0 spiro atoms. The van der Waals surface area contributed by atoms with E-state index in [2.05, 4.69) is 41.3 Å². The first-order valence-corrected chi connectivity index (χ1v) is 8.16. The lowest BCUT2D eigenvalue weighted by molar-refractivity contribution is 0.0178. The number of hydrogen-bond donors (Lipinski definition) is 1. The standard InChI is InChI=1S/C17H27N3/c1-3-19-15-9-16-5-4-6-17(10-15)20(16)12-14-11-18-8-7-13(14)2/h7-8,11,15-17,19H,3-6,9-10,12H2,1-2H3. The molecule has 2 unspecified atom stereocenters. The lowest BCUT2D eigenvalue weighted by atomic mass is 9.81. The van der Waals surface area contributed by atoms with E-state index in [-0.39, 0.29) is 0 Å². The van der Waals surface area contributed by atoms with E-state index in [4.69, 9.17) is 0 Å². The van der Waals surface area contributed by atoms with Gasteiger partial charge in [-0.15, -0.1) is 0 Å². The molecule has 2 saturated heterocycles. The summed E-state index contributed by atoms with van der Waals surface area (Å²) in [5.41, 5.74) is 2.79. The molecule has 2 atom stereocenters. The number of piperidine rings is 2. The van der Waals surface area contributed by atoms with Crippen LogP contribution < -0.4 is 5.32 Å². The Morgan fingerprint density at radius 1 is 1.30 bits per heavy atom. The molecule has 3 rings (SSSR count). The number of nitrogens with zero attached hydrogens (tertiary/aromatic N) is 2. The monoisotopic (exact) mass is 273 g/mol. The van der Waals surface area contributed by atoms with Gasteiger partial charge in [0.25, 0.3) is 0 Å². The molecule has 1 aromatic rings. The maximum absolute atomic E-state index is 4.31. The predicted octanol–water partition coefficient (Wildman–Crippen LogP) is 2.89. The minimum absolute atomic E-state index is 0.738. The Labute approximate surface area is 122 Å². The van der Waals surface area contributed by atoms with E-state index in [1.54, 1.807) is 0 Å². The fraction of sp³-hybridized carbons (Fsp3) is 0.706. The molecule has 2 fully saturated rings. The molecule has 3 nitrogen and oxygen atoms in total. The van der Waals surface area contributed by atoms with Crippen LogP contribution in [0.1, 0.15) is 50.2 Å². The van der Waals surface area contributed by atoms with E-state index in [9.17, 15) is 0 Å². The van der Waals surface area contributed by atoms with Crippen molar-refractivity contribution in [2.45, 2.75) is 70.6 Å². The molecule has 2 aliphatic rings. The first kappa shape index (κ1) is 14.0. The summed E-state index contributed by atoms with van der Waals surface area (Å²) in [6.45, 7) is 6.62. The van der Waals surface area contributed by atoms with Gasteiger partial charge in [-0.3, -0.25) is 9.88 Å². The molecule has 2 aliphatic heterocycles. The molecule has 2 bridgehead atoms. The Bertz CT molecular complexity index is 432. The molecule has 20 heavy (non-hydrogen) atoms. The lowest BCUT2D eigenvalue weighted by Crippen LogP contribution is -2.55. The van der Waals surface area contributed by atoms with Crippen LogP contribution in [0, 0.1) is 6.92 Å². The zero-order valence-corrected chi connectivity index (χ0v) is 12.8. The summed E-state index contributed by atoms with van der Waals surface area (Å²) in [6.07, 6.45) is 10.8. The summed E-state index contributed by atoms with van der Waals surface area (Å²) in [7, 11) is 0. The van der Waals surface area contributed by atoms with Crippen molar-refractivity contribution >= 4 is 0 Å². The molecule has 3 heteroatoms. The molecule has 0 radical (unpaired) electrons. The van der Waals surface area contributed by atoms with E-state index < -0.39 is 0 Å². The summed E-state index contributed by atoms with van der Waals surface area (Å²) < 4.78 is 0. The third-order valence-corrected chi connectivity index (χ3v) is 5.12. The first-order valence-electron chi connectivity index (χ1n) is 8.16. The number of rotatable bonds is 4. The second-order valence-corrected chi connectivity index (χ2v) is 6.44. The van der Waals surface area contributed by atoms with Gasteiger partial charge in [0, 0.05) is 37.1 Å². The van der Waals surface area contributed by atoms with Crippen molar-refractivity contribution in [2.75, 3.05) is 6.54 Å². The van der Waals surface area contributed by atoms with Crippen molar-refractivity contribution in [1.29, 1.82) is 0 Å². The second kappa shape index (κ2) is 6.23. The highest BCUT2D eigenvalue weighted by molar-refractivity contribution is 5.21. The van der Waals surface area contributed by atoms with Crippen molar-refractivity contribution < 1.29 is 0 Å². The van der Waals surface area contributed by atoms with Crippen LogP contribution in [-0.4, -0.2) is 34.6 Å². The maximum Gasteiger partial charge on any atom is 0.0315 e. The van der Waals surface area contributed by atoms with E-state index in [1.807, 2.05) is 6.20 Å². The molecule has 1 aromatic heterocycles. The van der Waals surface area contributed by atoms with Crippen LogP contribution in [0.4, 0.5) is 0 Å². The van der Waals surface area contributed by atoms with Gasteiger partial charge in [-0.05, 0) is 56.3 Å². The van der Waals surface area contributed by atoms with Gasteiger partial charge in [0.2, 0.25) is 0 Å². The highest BCUT2D eigenvalue weighted by atomic mass is 15.2. The van der Waals surface area contributed by atoms with E-state index in [0.717, 1.165) is 31.2 Å². The molecule has 0 amide bonds. The smallest absolute Gasteiger partial charge is 0.0315 e. The van der Waals surface area contributed by atoms with Crippen molar-refractivity contribution in [1.82, 2.24) is 15.2 Å². The number of fused-ring (bicyclic) bond motifs is 2. The summed E-state index contributed by atoms with van der Waals surface area (Å²) in [5.74, 6) is 0. The summed E-state index contributed by atoms with van der Waals surface area (Å²) in [4.78, 5) is 7.08. The first-order chi connectivity index (χ1) is 9.78. The van der Waals surface area contributed by atoms with E-state index in [1.165, 1.54) is 43.2 Å². The average Bonchev–Trinajstić information content (AvgIpc) is 2.42. The normalized spacial score (nSPS) is 30.4. The second-order valence-electron chi connectivity index (χ2n) is 6.44. The lowest BCUT2D eigenvalue weighted by Gasteiger charge is -2.49. The Kier molecular flexibility index (Phi) is 4.37. The zero-order chi connectivity index (χ0) is 13.9. The Hall–Kier alpha value is -0.930. The number of aryl methyl sites for hydroxylation is 1. The molecule has 3 heterocycles.